The van der Waals surface area contributed by atoms with E-state index in [1.165, 1.54) is 6.54 Å². The molecule has 0 saturated carbocycles. The van der Waals surface area contributed by atoms with E-state index in [1.54, 1.807) is 0 Å². The number of hydrogen-bond acceptors (Lipinski definition) is 2. The highest BCUT2D eigenvalue weighted by Crippen LogP contribution is 2.26. The topological polar surface area (TPSA) is 15.3 Å². The zero-order valence-electron chi connectivity index (χ0n) is 8.34. The summed E-state index contributed by atoms with van der Waals surface area (Å²) in [5.41, 5.74) is 0. The molecule has 1 saturated heterocycles. The van der Waals surface area contributed by atoms with Gasteiger partial charge in [-0.2, -0.15) is 0 Å². The van der Waals surface area contributed by atoms with Gasteiger partial charge in [-0.1, -0.05) is 22.6 Å². The summed E-state index contributed by atoms with van der Waals surface area (Å²) in [4.78, 5) is 2.55. The van der Waals surface area contributed by atoms with E-state index >= 15 is 0 Å². The van der Waals surface area contributed by atoms with Crippen LogP contribution in [0.15, 0.2) is 0 Å². The molecule has 1 aliphatic heterocycles. The van der Waals surface area contributed by atoms with Crippen molar-refractivity contribution in [1.29, 1.82) is 0 Å². The van der Waals surface area contributed by atoms with Crippen LogP contribution in [0, 0.1) is 0 Å². The summed E-state index contributed by atoms with van der Waals surface area (Å²) in [6.45, 7) is 10.2. The van der Waals surface area contributed by atoms with E-state index in [2.05, 4.69) is 53.6 Å². The lowest BCUT2D eigenvalue weighted by Crippen LogP contribution is -2.58. The molecule has 0 aromatic carbocycles. The van der Waals surface area contributed by atoms with E-state index in [-0.39, 0.29) is 24.8 Å². The van der Waals surface area contributed by atoms with Crippen molar-refractivity contribution in [3.05, 3.63) is 0 Å². The molecule has 5 heteroatoms. The van der Waals surface area contributed by atoms with Crippen molar-refractivity contribution in [1.82, 2.24) is 10.2 Å². The van der Waals surface area contributed by atoms with Crippen LogP contribution in [0.2, 0.25) is 0 Å². The maximum absolute atomic E-state index is 3.41. The first-order chi connectivity index (χ1) is 5.04. The Hall–Kier alpha value is 1.23. The predicted molar refractivity (Wildman–Crippen MR) is 71.6 cm³/mol. The molecule has 1 fully saturated rings. The third-order valence-corrected chi connectivity index (χ3v) is 3.20. The fourth-order valence-corrected chi connectivity index (χ4v) is 2.72. The fourth-order valence-electron chi connectivity index (χ4n) is 1.65. The third kappa shape index (κ3) is 4.51. The molecule has 0 aromatic heterocycles. The van der Waals surface area contributed by atoms with Crippen LogP contribution in [0.1, 0.15) is 20.8 Å². The van der Waals surface area contributed by atoms with Gasteiger partial charge in [-0.3, -0.25) is 4.90 Å². The van der Waals surface area contributed by atoms with E-state index in [4.69, 9.17) is 0 Å². The molecule has 0 radical (unpaired) electrons. The van der Waals surface area contributed by atoms with Crippen molar-refractivity contribution in [2.24, 2.45) is 0 Å². The standard InChI is InChI=1S/C8H17IN2.2ClH/c1-7(2)11-5-4-10-6-8(11,3)9;;/h7,10H,4-6H2,1-3H3;2*1H. The summed E-state index contributed by atoms with van der Waals surface area (Å²) in [6, 6.07) is 0.666. The Balaban J connectivity index is 0. The molecule has 0 amide bonds. The number of nitrogens with zero attached hydrogens (tertiary/aromatic N) is 1. The molecule has 1 heterocycles. The van der Waals surface area contributed by atoms with Crippen molar-refractivity contribution in [2.45, 2.75) is 30.4 Å². The number of halogens is 3. The lowest BCUT2D eigenvalue weighted by Gasteiger charge is -2.43. The summed E-state index contributed by atoms with van der Waals surface area (Å²) in [5.74, 6) is 0. The number of alkyl halides is 1. The maximum atomic E-state index is 3.41. The molecule has 1 unspecified atom stereocenters. The van der Waals surface area contributed by atoms with Crippen LogP contribution in [-0.2, 0) is 0 Å². The Morgan fingerprint density at radius 3 is 2.23 bits per heavy atom. The van der Waals surface area contributed by atoms with E-state index in [1.807, 2.05) is 0 Å². The number of nitrogens with one attached hydrogen (secondary N) is 1. The second-order valence-corrected chi connectivity index (χ2v) is 5.93. The number of rotatable bonds is 1. The van der Waals surface area contributed by atoms with Gasteiger partial charge >= 0.3 is 0 Å². The van der Waals surface area contributed by atoms with Gasteiger partial charge in [0.05, 0.1) is 3.55 Å². The number of hydrogen-bond donors (Lipinski definition) is 1. The summed E-state index contributed by atoms with van der Waals surface area (Å²) >= 11 is 2.53. The Bertz CT molecular complexity index is 142. The summed E-state index contributed by atoms with van der Waals surface area (Å²) in [5, 5.41) is 3.41. The van der Waals surface area contributed by atoms with Crippen LogP contribution >= 0.6 is 47.4 Å². The second kappa shape index (κ2) is 6.67. The van der Waals surface area contributed by atoms with Gasteiger partial charge in [0.2, 0.25) is 0 Å². The zero-order chi connectivity index (χ0) is 8.48. The molecular weight excluding hydrogens is 322 g/mol. The average Bonchev–Trinajstić information content (AvgIpc) is 1.85. The first kappa shape index (κ1) is 16.7. The Labute approximate surface area is 107 Å². The smallest absolute Gasteiger partial charge is 0.0830 e. The summed E-state index contributed by atoms with van der Waals surface area (Å²) in [7, 11) is 0. The van der Waals surface area contributed by atoms with Crippen LogP contribution in [0.5, 0.6) is 0 Å². The molecular formula is C8H19Cl2IN2. The normalized spacial score (nSPS) is 29.3. The quantitative estimate of drug-likeness (QED) is 0.447. The van der Waals surface area contributed by atoms with E-state index in [9.17, 15) is 0 Å². The lowest BCUT2D eigenvalue weighted by molar-refractivity contribution is 0.123. The highest BCUT2D eigenvalue weighted by Gasteiger charge is 2.32. The zero-order valence-corrected chi connectivity index (χ0v) is 12.1. The molecule has 0 spiro atoms. The highest BCUT2D eigenvalue weighted by atomic mass is 127. The minimum Gasteiger partial charge on any atom is -0.313 e. The molecule has 13 heavy (non-hydrogen) atoms. The average molecular weight is 341 g/mol. The van der Waals surface area contributed by atoms with Gasteiger partial charge < -0.3 is 5.32 Å². The van der Waals surface area contributed by atoms with Crippen LogP contribution < -0.4 is 5.32 Å². The summed E-state index contributed by atoms with van der Waals surface area (Å²) in [6.07, 6.45) is 0. The molecule has 1 aliphatic rings. The van der Waals surface area contributed by atoms with Crippen molar-refractivity contribution < 1.29 is 0 Å². The van der Waals surface area contributed by atoms with Gasteiger partial charge in [0.25, 0.3) is 0 Å². The highest BCUT2D eigenvalue weighted by molar-refractivity contribution is 14.1. The van der Waals surface area contributed by atoms with Gasteiger partial charge in [-0.05, 0) is 20.8 Å². The van der Waals surface area contributed by atoms with Gasteiger partial charge in [0, 0.05) is 25.7 Å². The van der Waals surface area contributed by atoms with Crippen molar-refractivity contribution in [3.8, 4) is 0 Å². The minimum atomic E-state index is 0. The molecule has 1 N–H and O–H groups in total. The third-order valence-electron chi connectivity index (χ3n) is 2.20. The van der Waals surface area contributed by atoms with Crippen LogP contribution in [0.4, 0.5) is 0 Å². The Morgan fingerprint density at radius 1 is 1.38 bits per heavy atom. The molecule has 0 bridgehead atoms. The molecule has 1 atom stereocenters. The van der Waals surface area contributed by atoms with Gasteiger partial charge in [0.15, 0.2) is 0 Å². The fraction of sp³-hybridized carbons (Fsp3) is 1.00. The second-order valence-electron chi connectivity index (χ2n) is 3.61. The molecule has 2 nitrogen and oxygen atoms in total. The Morgan fingerprint density at radius 2 is 1.92 bits per heavy atom. The number of piperazine rings is 1. The van der Waals surface area contributed by atoms with E-state index in [0.717, 1.165) is 13.1 Å². The molecule has 1 rings (SSSR count). The van der Waals surface area contributed by atoms with E-state index < -0.39 is 0 Å². The monoisotopic (exact) mass is 340 g/mol. The molecule has 0 aromatic rings. The van der Waals surface area contributed by atoms with Crippen LogP contribution in [0.25, 0.3) is 0 Å². The van der Waals surface area contributed by atoms with Gasteiger partial charge in [-0.15, -0.1) is 24.8 Å². The predicted octanol–water partition coefficient (Wildman–Crippen LogP) is 2.29. The van der Waals surface area contributed by atoms with Gasteiger partial charge in [0.1, 0.15) is 0 Å². The first-order valence-electron chi connectivity index (χ1n) is 4.20. The Kier molecular flexibility index (Phi) is 8.54. The van der Waals surface area contributed by atoms with Crippen molar-refractivity contribution in [2.75, 3.05) is 19.6 Å². The van der Waals surface area contributed by atoms with Crippen molar-refractivity contribution >= 4 is 47.4 Å². The van der Waals surface area contributed by atoms with Crippen molar-refractivity contribution in [3.63, 3.8) is 0 Å². The largest absolute Gasteiger partial charge is 0.313 e. The molecule has 82 valence electrons. The minimum absolute atomic E-state index is 0. The lowest BCUT2D eigenvalue weighted by atomic mass is 10.2. The van der Waals surface area contributed by atoms with Crippen LogP contribution in [0.3, 0.4) is 0 Å². The maximum Gasteiger partial charge on any atom is 0.0830 e. The first-order valence-corrected chi connectivity index (χ1v) is 5.28. The van der Waals surface area contributed by atoms with Crippen LogP contribution in [-0.4, -0.2) is 34.1 Å². The van der Waals surface area contributed by atoms with E-state index in [0.29, 0.717) is 9.59 Å². The molecule has 0 aliphatic carbocycles. The SMILES string of the molecule is CC(C)N1CCNCC1(C)I.Cl.Cl. The summed E-state index contributed by atoms with van der Waals surface area (Å²) < 4.78 is 0.310. The van der Waals surface area contributed by atoms with Gasteiger partial charge in [-0.25, -0.2) is 0 Å².